The molecule has 0 bridgehead atoms. The van der Waals surface area contributed by atoms with Crippen molar-refractivity contribution in [1.82, 2.24) is 0 Å². The molecule has 3 aromatic carbocycles. The molecule has 0 aliphatic rings. The van der Waals surface area contributed by atoms with E-state index in [1.165, 1.54) is 12.1 Å². The Morgan fingerprint density at radius 2 is 1.40 bits per heavy atom. The van der Waals surface area contributed by atoms with E-state index in [2.05, 4.69) is 0 Å². The summed E-state index contributed by atoms with van der Waals surface area (Å²) in [5.74, 6) is 1.32. The summed E-state index contributed by atoms with van der Waals surface area (Å²) in [6, 6.07) is 21.3. The van der Waals surface area contributed by atoms with Gasteiger partial charge < -0.3 is 9.47 Å². The summed E-state index contributed by atoms with van der Waals surface area (Å²) in [5, 5.41) is 18.2. The van der Waals surface area contributed by atoms with E-state index in [1.54, 1.807) is 54.6 Å². The minimum Gasteiger partial charge on any atom is -0.457 e. The van der Waals surface area contributed by atoms with Crippen LogP contribution in [-0.4, -0.2) is 0 Å². The van der Waals surface area contributed by atoms with E-state index in [1.807, 2.05) is 12.1 Å². The van der Waals surface area contributed by atoms with Gasteiger partial charge in [-0.2, -0.15) is 10.5 Å². The van der Waals surface area contributed by atoms with Gasteiger partial charge in [0, 0.05) is 6.07 Å². The monoisotopic (exact) mass is 330 g/mol. The van der Waals surface area contributed by atoms with Gasteiger partial charge in [0.25, 0.3) is 0 Å². The zero-order valence-electron chi connectivity index (χ0n) is 12.9. The molecule has 3 aromatic rings. The molecule has 0 aromatic heterocycles. The molecule has 0 N–H and O–H groups in total. The third-order valence-corrected chi connectivity index (χ3v) is 3.34. The minimum absolute atomic E-state index is 0.185. The van der Waals surface area contributed by atoms with E-state index in [9.17, 15) is 9.65 Å². The molecule has 0 aliphatic carbocycles. The average Bonchev–Trinajstić information content (AvgIpc) is 2.63. The average molecular weight is 330 g/mol. The maximum atomic E-state index is 13.2. The van der Waals surface area contributed by atoms with Gasteiger partial charge in [-0.15, -0.1) is 0 Å². The second-order valence-corrected chi connectivity index (χ2v) is 5.04. The van der Waals surface area contributed by atoms with Gasteiger partial charge in [0.1, 0.15) is 46.5 Å². The molecule has 4 nitrogen and oxygen atoms in total. The van der Waals surface area contributed by atoms with Crippen LogP contribution in [0.5, 0.6) is 23.0 Å². The standard InChI is InChI=1S/C20H11FN2O2/c21-15-4-2-5-18(11-15)24-16-7-9-17(10-8-16)25-20-6-1-3-14(12-22)19(20)13-23/h1-11H. The van der Waals surface area contributed by atoms with Crippen molar-refractivity contribution in [2.75, 3.05) is 0 Å². The number of hydrogen-bond donors (Lipinski definition) is 0. The first-order valence-corrected chi connectivity index (χ1v) is 7.34. The summed E-state index contributed by atoms with van der Waals surface area (Å²) >= 11 is 0. The SMILES string of the molecule is N#Cc1cccc(Oc2ccc(Oc3cccc(F)c3)cc2)c1C#N. The van der Waals surface area contributed by atoms with Crippen molar-refractivity contribution in [1.29, 1.82) is 10.5 Å². The quantitative estimate of drug-likeness (QED) is 0.663. The topological polar surface area (TPSA) is 66.0 Å². The second kappa shape index (κ2) is 7.16. The molecule has 120 valence electrons. The fourth-order valence-corrected chi connectivity index (χ4v) is 2.19. The summed E-state index contributed by atoms with van der Waals surface area (Å²) < 4.78 is 24.4. The summed E-state index contributed by atoms with van der Waals surface area (Å²) in [7, 11) is 0. The fraction of sp³-hybridized carbons (Fsp3) is 0. The van der Waals surface area contributed by atoms with E-state index < -0.39 is 0 Å². The molecular formula is C20H11FN2O2. The van der Waals surface area contributed by atoms with Crippen LogP contribution in [0.1, 0.15) is 11.1 Å². The minimum atomic E-state index is -0.376. The lowest BCUT2D eigenvalue weighted by atomic mass is 10.1. The third-order valence-electron chi connectivity index (χ3n) is 3.34. The highest BCUT2D eigenvalue weighted by Gasteiger charge is 2.10. The number of nitriles is 2. The van der Waals surface area contributed by atoms with Gasteiger partial charge >= 0.3 is 0 Å². The molecule has 0 radical (unpaired) electrons. The van der Waals surface area contributed by atoms with Gasteiger partial charge in [0.2, 0.25) is 0 Å². The zero-order chi connectivity index (χ0) is 17.6. The molecule has 0 aliphatic heterocycles. The van der Waals surface area contributed by atoms with E-state index in [-0.39, 0.29) is 16.9 Å². The molecular weight excluding hydrogens is 319 g/mol. The van der Waals surface area contributed by atoms with Crippen molar-refractivity contribution in [3.63, 3.8) is 0 Å². The molecule has 0 saturated heterocycles. The molecule has 0 atom stereocenters. The highest BCUT2D eigenvalue weighted by molar-refractivity contribution is 5.55. The van der Waals surface area contributed by atoms with Crippen LogP contribution in [0, 0.1) is 28.5 Å². The van der Waals surface area contributed by atoms with Gasteiger partial charge in [-0.1, -0.05) is 12.1 Å². The molecule has 0 unspecified atom stereocenters. The molecule has 0 spiro atoms. The predicted molar refractivity (Wildman–Crippen MR) is 88.9 cm³/mol. The Morgan fingerprint density at radius 1 is 0.720 bits per heavy atom. The predicted octanol–water partition coefficient (Wildman–Crippen LogP) is 5.15. The number of halogens is 1. The van der Waals surface area contributed by atoms with Crippen LogP contribution < -0.4 is 9.47 Å². The Bertz CT molecular complexity index is 986. The molecule has 5 heteroatoms. The van der Waals surface area contributed by atoms with Gasteiger partial charge in [0.15, 0.2) is 0 Å². The molecule has 0 saturated carbocycles. The smallest absolute Gasteiger partial charge is 0.146 e. The number of nitrogens with zero attached hydrogens (tertiary/aromatic N) is 2. The largest absolute Gasteiger partial charge is 0.457 e. The van der Waals surface area contributed by atoms with Crippen molar-refractivity contribution in [3.8, 4) is 35.1 Å². The number of benzene rings is 3. The first-order valence-electron chi connectivity index (χ1n) is 7.34. The van der Waals surface area contributed by atoms with Crippen LogP contribution in [-0.2, 0) is 0 Å². The van der Waals surface area contributed by atoms with E-state index >= 15 is 0 Å². The van der Waals surface area contributed by atoms with Crippen molar-refractivity contribution in [2.45, 2.75) is 0 Å². The fourth-order valence-electron chi connectivity index (χ4n) is 2.19. The highest BCUT2D eigenvalue weighted by atomic mass is 19.1. The van der Waals surface area contributed by atoms with Gasteiger partial charge in [-0.05, 0) is 48.5 Å². The molecule has 0 heterocycles. The lowest BCUT2D eigenvalue weighted by molar-refractivity contribution is 0.465. The van der Waals surface area contributed by atoms with Crippen LogP contribution in [0.2, 0.25) is 0 Å². The maximum Gasteiger partial charge on any atom is 0.146 e. The Labute approximate surface area is 143 Å². The van der Waals surface area contributed by atoms with Crippen LogP contribution in [0.25, 0.3) is 0 Å². The van der Waals surface area contributed by atoms with Crippen molar-refractivity contribution in [2.24, 2.45) is 0 Å². The number of hydrogen-bond acceptors (Lipinski definition) is 4. The van der Waals surface area contributed by atoms with E-state index in [0.29, 0.717) is 23.0 Å². The van der Waals surface area contributed by atoms with Crippen LogP contribution in [0.4, 0.5) is 4.39 Å². The Morgan fingerprint density at radius 3 is 2.04 bits per heavy atom. The van der Waals surface area contributed by atoms with Gasteiger partial charge in [0.05, 0.1) is 5.56 Å². The van der Waals surface area contributed by atoms with Crippen molar-refractivity contribution in [3.05, 3.63) is 83.7 Å². The van der Waals surface area contributed by atoms with E-state index in [0.717, 1.165) is 0 Å². The van der Waals surface area contributed by atoms with Crippen molar-refractivity contribution < 1.29 is 13.9 Å². The normalized spacial score (nSPS) is 9.72. The molecule has 3 rings (SSSR count). The van der Waals surface area contributed by atoms with Gasteiger partial charge in [-0.3, -0.25) is 0 Å². The Balaban J connectivity index is 1.78. The zero-order valence-corrected chi connectivity index (χ0v) is 12.9. The molecule has 0 fully saturated rings. The van der Waals surface area contributed by atoms with Crippen LogP contribution in [0.15, 0.2) is 66.7 Å². The van der Waals surface area contributed by atoms with E-state index in [4.69, 9.17) is 14.7 Å². The second-order valence-electron chi connectivity index (χ2n) is 5.04. The highest BCUT2D eigenvalue weighted by Crippen LogP contribution is 2.29. The number of rotatable bonds is 4. The first kappa shape index (κ1) is 16.0. The van der Waals surface area contributed by atoms with Crippen LogP contribution >= 0.6 is 0 Å². The molecule has 25 heavy (non-hydrogen) atoms. The molecule has 0 amide bonds. The third kappa shape index (κ3) is 3.74. The summed E-state index contributed by atoms with van der Waals surface area (Å²) in [6.07, 6.45) is 0. The summed E-state index contributed by atoms with van der Waals surface area (Å²) in [6.45, 7) is 0. The maximum absolute atomic E-state index is 13.2. The Hall–Kier alpha value is -3.83. The van der Waals surface area contributed by atoms with Crippen molar-refractivity contribution >= 4 is 0 Å². The number of ether oxygens (including phenoxy) is 2. The lowest BCUT2D eigenvalue weighted by Crippen LogP contribution is -1.92. The van der Waals surface area contributed by atoms with Gasteiger partial charge in [-0.25, -0.2) is 4.39 Å². The Kier molecular flexibility index (Phi) is 4.60. The van der Waals surface area contributed by atoms with Crippen LogP contribution in [0.3, 0.4) is 0 Å². The summed E-state index contributed by atoms with van der Waals surface area (Å²) in [5.41, 5.74) is 0.441. The first-order chi connectivity index (χ1) is 12.2. The summed E-state index contributed by atoms with van der Waals surface area (Å²) in [4.78, 5) is 0. The lowest BCUT2D eigenvalue weighted by Gasteiger charge is -2.10.